The van der Waals surface area contributed by atoms with Gasteiger partial charge in [0.25, 0.3) is 0 Å². The number of aromatic nitrogens is 1. The molecular weight excluding hydrogens is 189 g/mol. The fourth-order valence-corrected chi connectivity index (χ4v) is 1.70. The highest BCUT2D eigenvalue weighted by Crippen LogP contribution is 2.26. The maximum Gasteiger partial charge on any atom is 0.171 e. The topological polar surface area (TPSA) is 26.0 Å². The van der Waals surface area contributed by atoms with Gasteiger partial charge in [-0.15, -0.1) is 11.3 Å². The first-order valence-corrected chi connectivity index (χ1v) is 4.80. The largest absolute Gasteiger partial charge is 0.358 e. The van der Waals surface area contributed by atoms with Crippen molar-refractivity contribution in [3.8, 4) is 10.6 Å². The molecule has 1 unspecified atom stereocenters. The second-order valence-electron chi connectivity index (χ2n) is 2.71. The molecule has 2 rings (SSSR count). The summed E-state index contributed by atoms with van der Waals surface area (Å²) in [6.45, 7) is 1.43. The van der Waals surface area contributed by atoms with E-state index in [9.17, 15) is 4.39 Å². The van der Waals surface area contributed by atoms with Crippen molar-refractivity contribution >= 4 is 11.3 Å². The smallest absolute Gasteiger partial charge is 0.171 e. The van der Waals surface area contributed by atoms with Gasteiger partial charge in [0.15, 0.2) is 11.9 Å². The van der Waals surface area contributed by atoms with Gasteiger partial charge in [-0.25, -0.2) is 4.39 Å². The van der Waals surface area contributed by atoms with Gasteiger partial charge in [0.2, 0.25) is 0 Å². The van der Waals surface area contributed by atoms with Crippen molar-refractivity contribution in [3.63, 3.8) is 0 Å². The molecule has 0 aliphatic rings. The molecule has 1 atom stereocenters. The van der Waals surface area contributed by atoms with Crippen LogP contribution in [0.5, 0.6) is 0 Å². The number of hydrogen-bond donors (Lipinski definition) is 0. The highest BCUT2D eigenvalue weighted by atomic mass is 32.1. The van der Waals surface area contributed by atoms with Crippen LogP contribution in [0.1, 0.15) is 18.9 Å². The van der Waals surface area contributed by atoms with E-state index in [-0.39, 0.29) is 5.76 Å². The van der Waals surface area contributed by atoms with E-state index in [2.05, 4.69) is 5.16 Å². The molecule has 4 heteroatoms. The number of alkyl halides is 1. The molecular formula is C9H8FNOS. The van der Waals surface area contributed by atoms with Crippen LogP contribution in [0, 0.1) is 0 Å². The zero-order chi connectivity index (χ0) is 9.26. The van der Waals surface area contributed by atoms with Crippen LogP contribution in [0.15, 0.2) is 28.1 Å². The van der Waals surface area contributed by atoms with Gasteiger partial charge >= 0.3 is 0 Å². The minimum Gasteiger partial charge on any atom is -0.358 e. The lowest BCUT2D eigenvalue weighted by Crippen LogP contribution is -1.77. The Kier molecular flexibility index (Phi) is 2.14. The van der Waals surface area contributed by atoms with Crippen molar-refractivity contribution in [2.45, 2.75) is 13.1 Å². The summed E-state index contributed by atoms with van der Waals surface area (Å²) in [6, 6.07) is 5.49. The summed E-state index contributed by atoms with van der Waals surface area (Å²) in [6.07, 6.45) is -1.10. The third-order valence-corrected chi connectivity index (χ3v) is 2.59. The average Bonchev–Trinajstić information content (AvgIpc) is 2.75. The molecule has 0 aromatic carbocycles. The zero-order valence-electron chi connectivity index (χ0n) is 7.03. The molecule has 0 saturated heterocycles. The second kappa shape index (κ2) is 3.30. The second-order valence-corrected chi connectivity index (χ2v) is 3.66. The molecule has 2 aromatic heterocycles. The maximum absolute atomic E-state index is 12.8. The fourth-order valence-electron chi connectivity index (χ4n) is 1.02. The Morgan fingerprint density at radius 1 is 1.62 bits per heavy atom. The molecule has 0 radical (unpaired) electrons. The van der Waals surface area contributed by atoms with E-state index in [1.807, 2.05) is 17.5 Å². The summed E-state index contributed by atoms with van der Waals surface area (Å²) < 4.78 is 17.6. The SMILES string of the molecule is CC(F)c1cc(-c2cccs2)no1. The Hall–Kier alpha value is -1.16. The quantitative estimate of drug-likeness (QED) is 0.737. The summed E-state index contributed by atoms with van der Waals surface area (Å²) in [5.74, 6) is 0.281. The van der Waals surface area contributed by atoms with Crippen LogP contribution in [0.4, 0.5) is 4.39 Å². The van der Waals surface area contributed by atoms with E-state index >= 15 is 0 Å². The summed E-state index contributed by atoms with van der Waals surface area (Å²) in [5, 5.41) is 5.72. The first-order chi connectivity index (χ1) is 6.27. The van der Waals surface area contributed by atoms with E-state index in [0.717, 1.165) is 4.88 Å². The van der Waals surface area contributed by atoms with Crippen LogP contribution in [0.2, 0.25) is 0 Å². The van der Waals surface area contributed by atoms with Crippen molar-refractivity contribution in [2.75, 3.05) is 0 Å². The average molecular weight is 197 g/mol. The lowest BCUT2D eigenvalue weighted by Gasteiger charge is -1.89. The third-order valence-electron chi connectivity index (χ3n) is 1.69. The lowest BCUT2D eigenvalue weighted by molar-refractivity contribution is 0.274. The van der Waals surface area contributed by atoms with Gasteiger partial charge in [-0.2, -0.15) is 0 Å². The standard InChI is InChI=1S/C9H8FNOS/c1-6(10)8-5-7(11-12-8)9-3-2-4-13-9/h2-6H,1H3. The molecule has 0 N–H and O–H groups in total. The summed E-state index contributed by atoms with van der Waals surface area (Å²) in [4.78, 5) is 0.996. The fraction of sp³-hybridized carbons (Fsp3) is 0.222. The van der Waals surface area contributed by atoms with Gasteiger partial charge in [0.05, 0.1) is 4.88 Å². The predicted molar refractivity (Wildman–Crippen MR) is 49.3 cm³/mol. The highest BCUT2D eigenvalue weighted by Gasteiger charge is 2.11. The number of nitrogens with zero attached hydrogens (tertiary/aromatic N) is 1. The first-order valence-electron chi connectivity index (χ1n) is 3.92. The molecule has 13 heavy (non-hydrogen) atoms. The number of halogens is 1. The monoisotopic (exact) mass is 197 g/mol. The Labute approximate surface area is 79.0 Å². The number of hydrogen-bond acceptors (Lipinski definition) is 3. The van der Waals surface area contributed by atoms with Crippen LogP contribution in [0.3, 0.4) is 0 Å². The van der Waals surface area contributed by atoms with Gasteiger partial charge in [-0.3, -0.25) is 0 Å². The Morgan fingerprint density at radius 2 is 2.46 bits per heavy atom. The first kappa shape index (κ1) is 8.44. The Bertz CT molecular complexity index is 380. The van der Waals surface area contributed by atoms with Gasteiger partial charge in [0, 0.05) is 6.07 Å². The molecule has 0 fully saturated rings. The summed E-state index contributed by atoms with van der Waals surface area (Å²) >= 11 is 1.56. The molecule has 0 amide bonds. The highest BCUT2D eigenvalue weighted by molar-refractivity contribution is 7.13. The van der Waals surface area contributed by atoms with Crippen LogP contribution in [-0.2, 0) is 0 Å². The number of rotatable bonds is 2. The molecule has 2 nitrogen and oxygen atoms in total. The number of thiophene rings is 1. The van der Waals surface area contributed by atoms with Gasteiger partial charge in [0.1, 0.15) is 5.69 Å². The summed E-state index contributed by atoms with van der Waals surface area (Å²) in [5.41, 5.74) is 0.703. The normalized spacial score (nSPS) is 13.1. The van der Waals surface area contributed by atoms with Crippen molar-refractivity contribution < 1.29 is 8.91 Å². The van der Waals surface area contributed by atoms with Crippen LogP contribution in [-0.4, -0.2) is 5.16 Å². The summed E-state index contributed by atoms with van der Waals surface area (Å²) in [7, 11) is 0. The third kappa shape index (κ3) is 1.62. The van der Waals surface area contributed by atoms with Crippen LogP contribution in [0.25, 0.3) is 10.6 Å². The molecule has 0 bridgehead atoms. The van der Waals surface area contributed by atoms with Gasteiger partial charge in [-0.1, -0.05) is 11.2 Å². The minimum atomic E-state index is -1.10. The molecule has 68 valence electrons. The zero-order valence-corrected chi connectivity index (χ0v) is 7.84. The van der Waals surface area contributed by atoms with E-state index in [4.69, 9.17) is 4.52 Å². The Balaban J connectivity index is 2.33. The maximum atomic E-state index is 12.8. The predicted octanol–water partition coefficient (Wildman–Crippen LogP) is 3.43. The minimum absolute atomic E-state index is 0.281. The van der Waals surface area contributed by atoms with Crippen molar-refractivity contribution in [1.82, 2.24) is 5.16 Å². The van der Waals surface area contributed by atoms with E-state index in [1.165, 1.54) is 6.92 Å². The Morgan fingerprint density at radius 3 is 3.00 bits per heavy atom. The van der Waals surface area contributed by atoms with E-state index in [0.29, 0.717) is 5.69 Å². The lowest BCUT2D eigenvalue weighted by atomic mass is 10.3. The van der Waals surface area contributed by atoms with Crippen molar-refractivity contribution in [1.29, 1.82) is 0 Å². The van der Waals surface area contributed by atoms with Gasteiger partial charge in [-0.05, 0) is 18.4 Å². The molecule has 2 aromatic rings. The van der Waals surface area contributed by atoms with Crippen LogP contribution < -0.4 is 0 Å². The van der Waals surface area contributed by atoms with E-state index < -0.39 is 6.17 Å². The molecule has 0 spiro atoms. The molecule has 2 heterocycles. The van der Waals surface area contributed by atoms with Crippen molar-refractivity contribution in [2.24, 2.45) is 0 Å². The van der Waals surface area contributed by atoms with E-state index in [1.54, 1.807) is 17.4 Å². The van der Waals surface area contributed by atoms with Crippen molar-refractivity contribution in [3.05, 3.63) is 29.3 Å². The van der Waals surface area contributed by atoms with Gasteiger partial charge < -0.3 is 4.52 Å². The molecule has 0 aliphatic carbocycles. The van der Waals surface area contributed by atoms with Crippen LogP contribution >= 0.6 is 11.3 Å². The molecule has 0 aliphatic heterocycles. The molecule has 0 saturated carbocycles.